The van der Waals surface area contributed by atoms with Gasteiger partial charge in [-0.05, 0) is 141 Å². The highest BCUT2D eigenvalue weighted by Gasteiger charge is 2.59. The fourth-order valence-corrected chi connectivity index (χ4v) is 10.6. The molecule has 1 aromatic rings. The van der Waals surface area contributed by atoms with Crippen LogP contribution >= 0.6 is 0 Å². The second-order valence-corrected chi connectivity index (χ2v) is 16.0. The summed E-state index contributed by atoms with van der Waals surface area (Å²) in [5.41, 5.74) is 16.5. The highest BCUT2D eigenvalue weighted by Crippen LogP contribution is 2.67. The summed E-state index contributed by atoms with van der Waals surface area (Å²) in [6, 6.07) is 5.36. The molecule has 0 heterocycles. The molecule has 5 rings (SSSR count). The summed E-state index contributed by atoms with van der Waals surface area (Å²) in [6.45, 7) is 13.4. The van der Waals surface area contributed by atoms with Crippen LogP contribution < -0.4 is 11.5 Å². The largest absolute Gasteiger partial charge is 0.399 e. The van der Waals surface area contributed by atoms with Gasteiger partial charge >= 0.3 is 0 Å². The molecule has 5 heteroatoms. The Morgan fingerprint density at radius 3 is 2.37 bits per heavy atom. The molecule has 0 spiro atoms. The van der Waals surface area contributed by atoms with E-state index in [1.165, 1.54) is 64.2 Å². The number of anilines is 2. The molecule has 43 heavy (non-hydrogen) atoms. The number of hydrogen-bond donors (Lipinski definition) is 3. The van der Waals surface area contributed by atoms with Crippen molar-refractivity contribution in [1.29, 1.82) is 0 Å². The molecule has 5 nitrogen and oxygen atoms in total. The van der Waals surface area contributed by atoms with Crippen LogP contribution in [0.5, 0.6) is 0 Å². The third-order valence-corrected chi connectivity index (χ3v) is 13.0. The molecule has 9 unspecified atom stereocenters. The van der Waals surface area contributed by atoms with Gasteiger partial charge in [0, 0.05) is 18.0 Å². The van der Waals surface area contributed by atoms with Crippen molar-refractivity contribution in [2.45, 2.75) is 137 Å². The Morgan fingerprint density at radius 2 is 1.65 bits per heavy atom. The molecule has 3 saturated carbocycles. The molecule has 3 fully saturated rings. The van der Waals surface area contributed by atoms with E-state index in [9.17, 15) is 5.26 Å². The van der Waals surface area contributed by atoms with E-state index < -0.39 is 6.10 Å². The van der Waals surface area contributed by atoms with E-state index in [-0.39, 0.29) is 0 Å². The minimum absolute atomic E-state index is 0.339. The SMILES string of the molecule is CC(C)CCCC(C)C1CCC2C3CC=C4CC(OCCCCC(OO)c5cc(N)cc(N)c5)CCC4(C)C3CCC12C. The van der Waals surface area contributed by atoms with E-state index in [1.54, 1.807) is 11.6 Å². The molecule has 9 atom stereocenters. The average molecular weight is 595 g/mol. The lowest BCUT2D eigenvalue weighted by Crippen LogP contribution is -2.51. The topological polar surface area (TPSA) is 90.7 Å². The first-order valence-electron chi connectivity index (χ1n) is 17.8. The standard InChI is InChI=1S/C38H62N2O3/c1-25(2)9-8-10-26(3)33-14-15-34-32-13-12-28-23-31(16-18-37(28,4)35(32)17-19-38(33,34)5)42-20-7-6-11-36(43-41)27-21-29(39)24-30(40)22-27/h12,21-22,24-26,31-36,41H,6-11,13-20,23,39-40H2,1-5H3. The Bertz CT molecular complexity index is 1080. The maximum atomic E-state index is 9.47. The van der Waals surface area contributed by atoms with Crippen molar-refractivity contribution in [2.75, 3.05) is 18.1 Å². The Kier molecular flexibility index (Phi) is 10.6. The van der Waals surface area contributed by atoms with Gasteiger partial charge in [-0.25, -0.2) is 4.89 Å². The zero-order chi connectivity index (χ0) is 30.8. The molecule has 4 aliphatic carbocycles. The Balaban J connectivity index is 1.11. The van der Waals surface area contributed by atoms with Gasteiger partial charge in [-0.1, -0.05) is 65.5 Å². The van der Waals surface area contributed by atoms with E-state index in [1.807, 2.05) is 12.1 Å². The highest BCUT2D eigenvalue weighted by atomic mass is 17.1. The summed E-state index contributed by atoms with van der Waals surface area (Å²) in [7, 11) is 0. The molecule has 0 aliphatic heterocycles. The monoisotopic (exact) mass is 594 g/mol. The number of allylic oxidation sites excluding steroid dienone is 1. The van der Waals surface area contributed by atoms with E-state index in [4.69, 9.17) is 21.1 Å². The van der Waals surface area contributed by atoms with Gasteiger partial charge in [-0.2, -0.15) is 0 Å². The van der Waals surface area contributed by atoms with E-state index in [0.717, 1.165) is 66.9 Å². The van der Waals surface area contributed by atoms with Crippen LogP contribution in [0.4, 0.5) is 11.4 Å². The quantitative estimate of drug-likeness (QED) is 0.0695. The molecule has 5 N–H and O–H groups in total. The maximum Gasteiger partial charge on any atom is 0.118 e. The normalized spacial score (nSPS) is 35.1. The summed E-state index contributed by atoms with van der Waals surface area (Å²) >= 11 is 0. The van der Waals surface area contributed by atoms with Crippen LogP contribution in [-0.2, 0) is 9.62 Å². The maximum absolute atomic E-state index is 9.47. The lowest BCUT2D eigenvalue weighted by molar-refractivity contribution is -0.283. The molecule has 0 bridgehead atoms. The first-order valence-corrected chi connectivity index (χ1v) is 17.8. The van der Waals surface area contributed by atoms with Crippen LogP contribution in [0.15, 0.2) is 29.8 Å². The number of unbranched alkanes of at least 4 members (excludes halogenated alkanes) is 1. The number of fused-ring (bicyclic) bond motifs is 5. The van der Waals surface area contributed by atoms with Crippen LogP contribution in [-0.4, -0.2) is 18.0 Å². The fraction of sp³-hybridized carbons (Fsp3) is 0.789. The molecule has 1 aromatic carbocycles. The summed E-state index contributed by atoms with van der Waals surface area (Å²) in [5, 5.41) is 9.47. The number of nitrogens with two attached hydrogens (primary N) is 2. The summed E-state index contributed by atoms with van der Waals surface area (Å²) in [6.07, 6.45) is 20.1. The Labute approximate surface area is 262 Å². The average Bonchev–Trinajstić information content (AvgIpc) is 3.31. The smallest absolute Gasteiger partial charge is 0.118 e. The molecule has 4 aliphatic rings. The van der Waals surface area contributed by atoms with Gasteiger partial charge in [0.15, 0.2) is 0 Å². The van der Waals surface area contributed by atoms with Gasteiger partial charge in [0.2, 0.25) is 0 Å². The highest BCUT2D eigenvalue weighted by molar-refractivity contribution is 5.54. The number of ether oxygens (including phenoxy) is 1. The van der Waals surface area contributed by atoms with Crippen LogP contribution in [0, 0.1) is 46.3 Å². The molecule has 0 aromatic heterocycles. The van der Waals surface area contributed by atoms with Crippen molar-refractivity contribution in [3.8, 4) is 0 Å². The van der Waals surface area contributed by atoms with E-state index in [2.05, 4.69) is 40.7 Å². The van der Waals surface area contributed by atoms with Crippen LogP contribution in [0.2, 0.25) is 0 Å². The number of benzene rings is 1. The lowest BCUT2D eigenvalue weighted by atomic mass is 9.47. The summed E-state index contributed by atoms with van der Waals surface area (Å²) < 4.78 is 6.46. The summed E-state index contributed by atoms with van der Waals surface area (Å²) in [5.74, 6) is 5.30. The van der Waals surface area contributed by atoms with Crippen molar-refractivity contribution >= 4 is 11.4 Å². The van der Waals surface area contributed by atoms with Crippen molar-refractivity contribution in [3.05, 3.63) is 35.4 Å². The van der Waals surface area contributed by atoms with Gasteiger partial charge in [0.1, 0.15) is 6.10 Å². The first kappa shape index (κ1) is 32.8. The van der Waals surface area contributed by atoms with Gasteiger partial charge in [-0.15, -0.1) is 0 Å². The zero-order valence-electron chi connectivity index (χ0n) is 28.0. The molecule has 0 amide bonds. The van der Waals surface area contributed by atoms with Crippen molar-refractivity contribution in [2.24, 2.45) is 46.3 Å². The van der Waals surface area contributed by atoms with Crippen LogP contribution in [0.1, 0.15) is 136 Å². The van der Waals surface area contributed by atoms with Gasteiger partial charge in [0.25, 0.3) is 0 Å². The second kappa shape index (κ2) is 13.8. The van der Waals surface area contributed by atoms with Crippen molar-refractivity contribution < 1.29 is 14.9 Å². The van der Waals surface area contributed by atoms with Crippen molar-refractivity contribution in [1.82, 2.24) is 0 Å². The number of rotatable bonds is 13. The molecular formula is C38H62N2O3. The zero-order valence-corrected chi connectivity index (χ0v) is 28.0. The lowest BCUT2D eigenvalue weighted by Gasteiger charge is -2.58. The first-order chi connectivity index (χ1) is 20.5. The summed E-state index contributed by atoms with van der Waals surface area (Å²) in [4.78, 5) is 4.77. The fourth-order valence-electron chi connectivity index (χ4n) is 10.6. The van der Waals surface area contributed by atoms with Gasteiger partial charge in [-0.3, -0.25) is 5.26 Å². The van der Waals surface area contributed by atoms with Gasteiger partial charge in [0.05, 0.1) is 6.10 Å². The minimum atomic E-state index is -0.415. The van der Waals surface area contributed by atoms with E-state index in [0.29, 0.717) is 34.7 Å². The van der Waals surface area contributed by atoms with E-state index >= 15 is 0 Å². The molecule has 0 radical (unpaired) electrons. The second-order valence-electron chi connectivity index (χ2n) is 16.0. The molecule has 242 valence electrons. The molecular weight excluding hydrogens is 532 g/mol. The minimum Gasteiger partial charge on any atom is -0.399 e. The predicted molar refractivity (Wildman–Crippen MR) is 178 cm³/mol. The third-order valence-electron chi connectivity index (χ3n) is 13.0. The number of nitrogen functional groups attached to an aromatic ring is 2. The number of hydrogen-bond acceptors (Lipinski definition) is 5. The Morgan fingerprint density at radius 1 is 0.884 bits per heavy atom. The predicted octanol–water partition coefficient (Wildman–Crippen LogP) is 9.98. The van der Waals surface area contributed by atoms with Gasteiger partial charge < -0.3 is 16.2 Å². The van der Waals surface area contributed by atoms with Crippen LogP contribution in [0.25, 0.3) is 0 Å². The Hall–Kier alpha value is -1.56. The molecule has 0 saturated heterocycles. The third kappa shape index (κ3) is 6.99. The van der Waals surface area contributed by atoms with Crippen molar-refractivity contribution in [3.63, 3.8) is 0 Å². The van der Waals surface area contributed by atoms with Crippen LogP contribution in [0.3, 0.4) is 0 Å².